The van der Waals surface area contributed by atoms with Gasteiger partial charge in [0.25, 0.3) is 5.91 Å². The fourth-order valence-corrected chi connectivity index (χ4v) is 2.21. The zero-order chi connectivity index (χ0) is 16.7. The van der Waals surface area contributed by atoms with Crippen LogP contribution < -0.4 is 4.74 Å². The number of rotatable bonds is 7. The highest BCUT2D eigenvalue weighted by Crippen LogP contribution is 2.21. The van der Waals surface area contributed by atoms with Crippen molar-refractivity contribution < 1.29 is 19.1 Å². The first-order valence-corrected chi connectivity index (χ1v) is 7.64. The van der Waals surface area contributed by atoms with Crippen molar-refractivity contribution in [3.63, 3.8) is 0 Å². The van der Waals surface area contributed by atoms with E-state index in [4.69, 9.17) is 21.1 Å². The second kappa shape index (κ2) is 8.63. The Bertz CT molecular complexity index is 529. The molecule has 1 rings (SSSR count). The lowest BCUT2D eigenvalue weighted by molar-refractivity contribution is -0.160. The highest BCUT2D eigenvalue weighted by Gasteiger charge is 2.22. The van der Waals surface area contributed by atoms with E-state index in [0.29, 0.717) is 23.9 Å². The summed E-state index contributed by atoms with van der Waals surface area (Å²) in [4.78, 5) is 25.4. The van der Waals surface area contributed by atoms with E-state index in [-0.39, 0.29) is 12.5 Å². The van der Waals surface area contributed by atoms with Gasteiger partial charge in [-0.15, -0.1) is 0 Å². The van der Waals surface area contributed by atoms with Gasteiger partial charge in [0, 0.05) is 18.1 Å². The van der Waals surface area contributed by atoms with Gasteiger partial charge >= 0.3 is 5.97 Å². The van der Waals surface area contributed by atoms with Gasteiger partial charge in [0.15, 0.2) is 12.7 Å². The molecule has 0 N–H and O–H groups in total. The van der Waals surface area contributed by atoms with Crippen molar-refractivity contribution in [2.75, 3.05) is 19.7 Å². The summed E-state index contributed by atoms with van der Waals surface area (Å²) in [6.45, 7) is 8.06. The Labute approximate surface area is 136 Å². The summed E-state index contributed by atoms with van der Waals surface area (Å²) >= 11 is 5.85. The molecule has 0 aliphatic carbocycles. The lowest BCUT2D eigenvalue weighted by Gasteiger charge is -2.22. The number of hydrogen-bond acceptors (Lipinski definition) is 4. The van der Waals surface area contributed by atoms with Crippen LogP contribution in [0.25, 0.3) is 0 Å². The minimum atomic E-state index is -0.817. The number of carbonyl (C=O) groups excluding carboxylic acids is 2. The number of aryl methyl sites for hydroxylation is 1. The molecule has 0 heterocycles. The fraction of sp³-hybridized carbons (Fsp3) is 0.500. The first kappa shape index (κ1) is 18.3. The van der Waals surface area contributed by atoms with Gasteiger partial charge < -0.3 is 14.4 Å². The Morgan fingerprint density at radius 3 is 2.45 bits per heavy atom. The van der Waals surface area contributed by atoms with E-state index in [1.54, 1.807) is 30.0 Å². The zero-order valence-electron chi connectivity index (χ0n) is 13.4. The molecule has 0 saturated carbocycles. The summed E-state index contributed by atoms with van der Waals surface area (Å²) in [7, 11) is 0. The molecule has 0 fully saturated rings. The van der Waals surface area contributed by atoms with E-state index in [2.05, 4.69) is 0 Å². The van der Waals surface area contributed by atoms with E-state index in [1.807, 2.05) is 20.8 Å². The van der Waals surface area contributed by atoms with Crippen LogP contribution in [0, 0.1) is 6.92 Å². The van der Waals surface area contributed by atoms with E-state index in [0.717, 1.165) is 5.56 Å². The van der Waals surface area contributed by atoms with Gasteiger partial charge in [0.2, 0.25) is 0 Å². The summed E-state index contributed by atoms with van der Waals surface area (Å²) in [5.41, 5.74) is 0.826. The monoisotopic (exact) mass is 327 g/mol. The number of hydrogen-bond donors (Lipinski definition) is 0. The quantitative estimate of drug-likeness (QED) is 0.723. The molecule has 1 aromatic carbocycles. The van der Waals surface area contributed by atoms with Gasteiger partial charge in [0.1, 0.15) is 5.75 Å². The van der Waals surface area contributed by atoms with Crippen LogP contribution in [0.1, 0.15) is 26.3 Å². The molecule has 0 spiro atoms. The van der Waals surface area contributed by atoms with Gasteiger partial charge in [-0.1, -0.05) is 11.6 Å². The third-order valence-corrected chi connectivity index (χ3v) is 3.45. The highest BCUT2D eigenvalue weighted by molar-refractivity contribution is 6.30. The SMILES string of the molecule is CCN(CC)C(=O)[C@H](C)OC(=O)COc1ccc(Cl)cc1C. The Morgan fingerprint density at radius 2 is 1.91 bits per heavy atom. The minimum absolute atomic E-state index is 0.207. The number of amides is 1. The second-order valence-corrected chi connectivity index (χ2v) is 5.28. The third-order valence-electron chi connectivity index (χ3n) is 3.21. The molecule has 1 aromatic rings. The summed E-state index contributed by atoms with van der Waals surface area (Å²) in [6, 6.07) is 5.12. The van der Waals surface area contributed by atoms with Crippen molar-refractivity contribution in [1.29, 1.82) is 0 Å². The van der Waals surface area contributed by atoms with Crippen LogP contribution in [-0.2, 0) is 14.3 Å². The van der Waals surface area contributed by atoms with Crippen molar-refractivity contribution >= 4 is 23.5 Å². The summed E-state index contributed by atoms with van der Waals surface area (Å²) in [6.07, 6.45) is -0.817. The molecule has 6 heteroatoms. The topological polar surface area (TPSA) is 55.8 Å². The first-order chi connectivity index (χ1) is 10.4. The van der Waals surface area contributed by atoms with Crippen molar-refractivity contribution in [3.8, 4) is 5.75 Å². The maximum absolute atomic E-state index is 12.0. The van der Waals surface area contributed by atoms with Crippen molar-refractivity contribution in [1.82, 2.24) is 4.90 Å². The largest absolute Gasteiger partial charge is 0.482 e. The average Bonchev–Trinajstić information content (AvgIpc) is 2.47. The molecular weight excluding hydrogens is 306 g/mol. The maximum Gasteiger partial charge on any atom is 0.344 e. The van der Waals surface area contributed by atoms with Crippen molar-refractivity contribution in [3.05, 3.63) is 28.8 Å². The Morgan fingerprint density at radius 1 is 1.27 bits per heavy atom. The van der Waals surface area contributed by atoms with E-state index >= 15 is 0 Å². The molecule has 0 aliphatic rings. The molecule has 1 atom stereocenters. The van der Waals surface area contributed by atoms with Crippen LogP contribution >= 0.6 is 11.6 Å². The van der Waals surface area contributed by atoms with Crippen LogP contribution in [0.15, 0.2) is 18.2 Å². The highest BCUT2D eigenvalue weighted by atomic mass is 35.5. The molecule has 0 unspecified atom stereocenters. The van der Waals surface area contributed by atoms with Crippen LogP contribution in [0.3, 0.4) is 0 Å². The molecule has 5 nitrogen and oxygen atoms in total. The lowest BCUT2D eigenvalue weighted by atomic mass is 10.2. The molecule has 122 valence electrons. The molecule has 1 amide bonds. The van der Waals surface area contributed by atoms with Crippen LogP contribution in [-0.4, -0.2) is 42.6 Å². The Balaban J connectivity index is 2.50. The average molecular weight is 328 g/mol. The summed E-state index contributed by atoms with van der Waals surface area (Å²) < 4.78 is 10.5. The zero-order valence-corrected chi connectivity index (χ0v) is 14.1. The predicted molar refractivity (Wildman–Crippen MR) is 85.2 cm³/mol. The smallest absolute Gasteiger partial charge is 0.344 e. The van der Waals surface area contributed by atoms with Gasteiger partial charge in [-0.3, -0.25) is 4.79 Å². The summed E-state index contributed by atoms with van der Waals surface area (Å²) in [5, 5.41) is 0.603. The summed E-state index contributed by atoms with van der Waals surface area (Å²) in [5.74, 6) is -0.229. The number of benzene rings is 1. The molecule has 22 heavy (non-hydrogen) atoms. The van der Waals surface area contributed by atoms with E-state index in [1.165, 1.54) is 0 Å². The maximum atomic E-state index is 12.0. The lowest BCUT2D eigenvalue weighted by Crippen LogP contribution is -2.40. The van der Waals surface area contributed by atoms with Gasteiger partial charge in [-0.25, -0.2) is 4.79 Å². The van der Waals surface area contributed by atoms with Crippen LogP contribution in [0.5, 0.6) is 5.75 Å². The second-order valence-electron chi connectivity index (χ2n) is 4.84. The van der Waals surface area contributed by atoms with Gasteiger partial charge in [0.05, 0.1) is 0 Å². The van der Waals surface area contributed by atoms with Crippen molar-refractivity contribution in [2.45, 2.75) is 33.8 Å². The number of esters is 1. The number of halogens is 1. The standard InChI is InChI=1S/C16H22ClNO4/c1-5-18(6-2)16(20)12(4)22-15(19)10-21-14-8-7-13(17)9-11(14)3/h7-9,12H,5-6,10H2,1-4H3/t12-/m0/s1. The molecule has 0 bridgehead atoms. The fourth-order valence-electron chi connectivity index (χ4n) is 1.99. The molecular formula is C16H22ClNO4. The predicted octanol–water partition coefficient (Wildman–Crippen LogP) is 2.83. The van der Waals surface area contributed by atoms with Gasteiger partial charge in [-0.05, 0) is 51.5 Å². The Hall–Kier alpha value is -1.75. The van der Waals surface area contributed by atoms with Gasteiger partial charge in [-0.2, -0.15) is 0 Å². The van der Waals surface area contributed by atoms with Crippen LogP contribution in [0.2, 0.25) is 5.02 Å². The Kier molecular flexibility index (Phi) is 7.18. The number of ether oxygens (including phenoxy) is 2. The first-order valence-electron chi connectivity index (χ1n) is 7.26. The normalized spacial score (nSPS) is 11.7. The van der Waals surface area contributed by atoms with E-state index in [9.17, 15) is 9.59 Å². The van der Waals surface area contributed by atoms with Crippen molar-refractivity contribution in [2.24, 2.45) is 0 Å². The molecule has 0 radical (unpaired) electrons. The van der Waals surface area contributed by atoms with E-state index < -0.39 is 12.1 Å². The minimum Gasteiger partial charge on any atom is -0.482 e. The van der Waals surface area contributed by atoms with Crippen LogP contribution in [0.4, 0.5) is 0 Å². The number of nitrogens with zero attached hydrogens (tertiary/aromatic N) is 1. The number of likely N-dealkylation sites (N-methyl/N-ethyl adjacent to an activating group) is 1. The molecule has 0 saturated heterocycles. The number of carbonyl (C=O) groups is 2. The molecule has 0 aliphatic heterocycles. The third kappa shape index (κ3) is 5.22. The molecule has 0 aromatic heterocycles.